The first-order valence-electron chi connectivity index (χ1n) is 9.25. The summed E-state index contributed by atoms with van der Waals surface area (Å²) in [6.07, 6.45) is 3.14. The van der Waals surface area contributed by atoms with E-state index in [2.05, 4.69) is 25.7 Å². The average molecular weight is 490 g/mol. The number of methoxy groups -OCH3 is 1. The van der Waals surface area contributed by atoms with Crippen LogP contribution in [0, 0.1) is 5.92 Å². The van der Waals surface area contributed by atoms with Crippen molar-refractivity contribution in [2.24, 2.45) is 10.9 Å². The van der Waals surface area contributed by atoms with E-state index in [4.69, 9.17) is 4.74 Å². The van der Waals surface area contributed by atoms with Crippen LogP contribution in [0.1, 0.15) is 31.7 Å². The fourth-order valence-electron chi connectivity index (χ4n) is 2.29. The summed E-state index contributed by atoms with van der Waals surface area (Å²) < 4.78 is 10.2. The van der Waals surface area contributed by atoms with Gasteiger partial charge in [-0.05, 0) is 49.8 Å². The summed E-state index contributed by atoms with van der Waals surface area (Å²) in [7, 11) is 1.34. The van der Waals surface area contributed by atoms with Gasteiger partial charge < -0.3 is 20.1 Å². The lowest BCUT2D eigenvalue weighted by Gasteiger charge is -2.11. The van der Waals surface area contributed by atoms with Crippen molar-refractivity contribution in [1.82, 2.24) is 10.6 Å². The molecule has 0 aliphatic heterocycles. The minimum atomic E-state index is -0.476. The van der Waals surface area contributed by atoms with Crippen LogP contribution in [0.2, 0.25) is 0 Å². The van der Waals surface area contributed by atoms with Gasteiger partial charge in [0.2, 0.25) is 0 Å². The number of aliphatic imine (C=N–C) groups is 1. The third-order valence-corrected chi connectivity index (χ3v) is 3.96. The zero-order valence-corrected chi connectivity index (χ0v) is 18.5. The van der Waals surface area contributed by atoms with Gasteiger partial charge in [0.25, 0.3) is 0 Å². The van der Waals surface area contributed by atoms with Crippen LogP contribution in [0.15, 0.2) is 29.3 Å². The van der Waals surface area contributed by atoms with Crippen LogP contribution in [-0.2, 0) is 16.0 Å². The second kappa shape index (κ2) is 13.6. The summed E-state index contributed by atoms with van der Waals surface area (Å²) >= 11 is 0. The first-order valence-corrected chi connectivity index (χ1v) is 9.25. The molecule has 1 aliphatic rings. The quantitative estimate of drug-likeness (QED) is 0.203. The van der Waals surface area contributed by atoms with E-state index in [9.17, 15) is 4.79 Å². The van der Waals surface area contributed by atoms with Crippen molar-refractivity contribution in [2.75, 3.05) is 38.7 Å². The number of benzene rings is 1. The minimum absolute atomic E-state index is 0. The zero-order valence-electron chi connectivity index (χ0n) is 16.1. The lowest BCUT2D eigenvalue weighted by molar-refractivity contribution is 0.123. The molecule has 1 saturated carbocycles. The molecule has 152 valence electrons. The number of nitrogens with one attached hydrogen (secondary N) is 3. The Labute approximate surface area is 178 Å². The number of rotatable bonds is 10. The van der Waals surface area contributed by atoms with E-state index in [1.807, 2.05) is 31.2 Å². The van der Waals surface area contributed by atoms with Gasteiger partial charge in [-0.25, -0.2) is 9.79 Å². The van der Waals surface area contributed by atoms with Crippen LogP contribution in [0.5, 0.6) is 0 Å². The highest BCUT2D eigenvalue weighted by Crippen LogP contribution is 2.28. The van der Waals surface area contributed by atoms with Crippen molar-refractivity contribution in [3.63, 3.8) is 0 Å². The van der Waals surface area contributed by atoms with Crippen LogP contribution in [-0.4, -0.2) is 45.5 Å². The van der Waals surface area contributed by atoms with E-state index in [0.29, 0.717) is 12.2 Å². The highest BCUT2D eigenvalue weighted by atomic mass is 127. The lowest BCUT2D eigenvalue weighted by Crippen LogP contribution is -2.38. The number of hydrogen-bond acceptors (Lipinski definition) is 4. The largest absolute Gasteiger partial charge is 0.453 e. The molecule has 8 heteroatoms. The molecular weight excluding hydrogens is 459 g/mol. The van der Waals surface area contributed by atoms with Gasteiger partial charge in [-0.2, -0.15) is 0 Å². The molecule has 0 unspecified atom stereocenters. The van der Waals surface area contributed by atoms with Crippen molar-refractivity contribution in [1.29, 1.82) is 0 Å². The predicted molar refractivity (Wildman–Crippen MR) is 119 cm³/mol. The smallest absolute Gasteiger partial charge is 0.411 e. The summed E-state index contributed by atoms with van der Waals surface area (Å²) in [4.78, 5) is 15.8. The zero-order chi connectivity index (χ0) is 18.6. The Kier molecular flexibility index (Phi) is 11.8. The summed E-state index contributed by atoms with van der Waals surface area (Å²) in [6.45, 7) is 5.95. The molecule has 3 N–H and O–H groups in total. The van der Waals surface area contributed by atoms with Crippen LogP contribution < -0.4 is 16.0 Å². The van der Waals surface area contributed by atoms with Crippen molar-refractivity contribution in [2.45, 2.75) is 32.7 Å². The molecule has 1 aromatic rings. The molecule has 2 rings (SSSR count). The number of carbonyl (C=O) groups excluding carboxylic acids is 1. The maximum Gasteiger partial charge on any atom is 0.411 e. The number of amides is 1. The topological polar surface area (TPSA) is 84.0 Å². The van der Waals surface area contributed by atoms with Gasteiger partial charge in [0.05, 0.1) is 13.7 Å². The molecule has 27 heavy (non-hydrogen) atoms. The predicted octanol–water partition coefficient (Wildman–Crippen LogP) is 3.35. The number of halogens is 1. The summed E-state index contributed by atoms with van der Waals surface area (Å²) in [6, 6.07) is 7.53. The number of guanidine groups is 1. The van der Waals surface area contributed by atoms with Crippen molar-refractivity contribution < 1.29 is 14.3 Å². The van der Waals surface area contributed by atoms with Gasteiger partial charge in [-0.1, -0.05) is 12.1 Å². The van der Waals surface area contributed by atoms with E-state index >= 15 is 0 Å². The SMILES string of the molecule is CCNC(=NCc1ccc(NC(=O)OC)cc1)NCCCOCC1CC1.I. The molecule has 0 heterocycles. The summed E-state index contributed by atoms with van der Waals surface area (Å²) in [5, 5.41) is 9.19. The monoisotopic (exact) mass is 490 g/mol. The minimum Gasteiger partial charge on any atom is -0.453 e. The molecule has 1 aliphatic carbocycles. The Balaban J connectivity index is 0.00000364. The van der Waals surface area contributed by atoms with Crippen LogP contribution in [0.4, 0.5) is 10.5 Å². The maximum atomic E-state index is 11.2. The highest BCUT2D eigenvalue weighted by molar-refractivity contribution is 14.0. The van der Waals surface area contributed by atoms with Gasteiger partial charge in [0.1, 0.15) is 0 Å². The van der Waals surface area contributed by atoms with E-state index in [-0.39, 0.29) is 24.0 Å². The Hall–Kier alpha value is -1.55. The molecule has 1 amide bonds. The maximum absolute atomic E-state index is 11.2. The van der Waals surface area contributed by atoms with Gasteiger partial charge in [-0.15, -0.1) is 24.0 Å². The number of anilines is 1. The number of hydrogen-bond donors (Lipinski definition) is 3. The number of ether oxygens (including phenoxy) is 2. The van der Waals surface area contributed by atoms with E-state index < -0.39 is 6.09 Å². The van der Waals surface area contributed by atoms with Crippen LogP contribution in [0.3, 0.4) is 0 Å². The van der Waals surface area contributed by atoms with Gasteiger partial charge in [-0.3, -0.25) is 5.32 Å². The second-order valence-corrected chi connectivity index (χ2v) is 6.31. The van der Waals surface area contributed by atoms with Crippen molar-refractivity contribution >= 4 is 41.7 Å². The average Bonchev–Trinajstić information content (AvgIpc) is 3.47. The molecule has 0 spiro atoms. The van der Waals surface area contributed by atoms with Gasteiger partial charge >= 0.3 is 6.09 Å². The molecule has 7 nitrogen and oxygen atoms in total. The number of carbonyl (C=O) groups is 1. The van der Waals surface area contributed by atoms with E-state index in [1.165, 1.54) is 20.0 Å². The molecule has 0 atom stereocenters. The van der Waals surface area contributed by atoms with Crippen molar-refractivity contribution in [3.8, 4) is 0 Å². The highest BCUT2D eigenvalue weighted by Gasteiger charge is 2.20. The van der Waals surface area contributed by atoms with Gasteiger partial charge in [0, 0.05) is 32.0 Å². The lowest BCUT2D eigenvalue weighted by atomic mass is 10.2. The standard InChI is InChI=1S/C19H30N4O3.HI/c1-3-20-18(21-11-4-12-26-14-16-5-6-16)22-13-15-7-9-17(10-8-15)23-19(24)25-2;/h7-10,16H,3-6,11-14H2,1-2H3,(H,23,24)(H2,20,21,22);1H. The number of nitrogens with zero attached hydrogens (tertiary/aromatic N) is 1. The van der Waals surface area contributed by atoms with Crippen molar-refractivity contribution in [3.05, 3.63) is 29.8 Å². The Bertz CT molecular complexity index is 577. The fourth-order valence-corrected chi connectivity index (χ4v) is 2.29. The normalized spacial score (nSPS) is 13.5. The molecule has 0 aromatic heterocycles. The first kappa shape index (κ1) is 23.5. The second-order valence-electron chi connectivity index (χ2n) is 6.31. The Morgan fingerprint density at radius 3 is 2.59 bits per heavy atom. The summed E-state index contributed by atoms with van der Waals surface area (Å²) in [5.41, 5.74) is 1.76. The molecule has 0 bridgehead atoms. The third kappa shape index (κ3) is 10.4. The fraction of sp³-hybridized carbons (Fsp3) is 0.579. The first-order chi connectivity index (χ1) is 12.7. The van der Waals surface area contributed by atoms with Crippen LogP contribution in [0.25, 0.3) is 0 Å². The Morgan fingerprint density at radius 1 is 1.22 bits per heavy atom. The molecule has 1 fully saturated rings. The molecular formula is C19H31IN4O3. The van der Waals surface area contributed by atoms with Crippen LogP contribution >= 0.6 is 24.0 Å². The van der Waals surface area contributed by atoms with E-state index in [1.54, 1.807) is 0 Å². The van der Waals surface area contributed by atoms with E-state index in [0.717, 1.165) is 50.2 Å². The summed E-state index contributed by atoms with van der Waals surface area (Å²) in [5.74, 6) is 1.61. The third-order valence-electron chi connectivity index (χ3n) is 3.96. The Morgan fingerprint density at radius 2 is 1.96 bits per heavy atom. The molecule has 0 radical (unpaired) electrons. The molecule has 0 saturated heterocycles. The van der Waals surface area contributed by atoms with Gasteiger partial charge in [0.15, 0.2) is 5.96 Å². The molecule has 1 aromatic carbocycles.